The zero-order valence-electron chi connectivity index (χ0n) is 9.52. The zero-order chi connectivity index (χ0) is 11.4. The Kier molecular flexibility index (Phi) is 7.72. The monoisotopic (exact) mass is 243 g/mol. The third kappa shape index (κ3) is 4.22. The van der Waals surface area contributed by atoms with Gasteiger partial charge in [-0.1, -0.05) is 0 Å². The van der Waals surface area contributed by atoms with Gasteiger partial charge in [0.1, 0.15) is 18.2 Å². The average Bonchev–Trinajstić information content (AvgIpc) is 2.15. The summed E-state index contributed by atoms with van der Waals surface area (Å²) in [6, 6.07) is 0. The van der Waals surface area contributed by atoms with Crippen molar-refractivity contribution < 1.29 is 37.3 Å². The van der Waals surface area contributed by atoms with E-state index in [0.717, 1.165) is 0 Å². The molecule has 15 heavy (non-hydrogen) atoms. The number of hydrogen-bond acceptors (Lipinski definition) is 4. The number of aliphatic hydroxyl groups is 4. The molecule has 0 bridgehead atoms. The Morgan fingerprint density at radius 3 is 1.80 bits per heavy atom. The van der Waals surface area contributed by atoms with Crippen LogP contribution in [0.25, 0.3) is 0 Å². The summed E-state index contributed by atoms with van der Waals surface area (Å²) in [6.45, 7) is 1.36. The van der Waals surface area contributed by atoms with Crippen molar-refractivity contribution in [2.45, 2.75) is 18.6 Å². The minimum Gasteiger partial charge on any atom is -1.00 e. The van der Waals surface area contributed by atoms with E-state index < -0.39 is 11.6 Å². The Bertz CT molecular complexity index is 173. The van der Waals surface area contributed by atoms with E-state index in [2.05, 4.69) is 0 Å². The number of rotatable bonds is 6. The lowest BCUT2D eigenvalue weighted by atomic mass is 9.99. The number of nitrogens with zero attached hydrogens (tertiary/aromatic N) is 1. The number of hydrogen-bond donors (Lipinski definition) is 4. The van der Waals surface area contributed by atoms with Crippen LogP contribution >= 0.6 is 0 Å². The van der Waals surface area contributed by atoms with Gasteiger partial charge in [-0.05, 0) is 6.92 Å². The Morgan fingerprint density at radius 1 is 1.13 bits per heavy atom. The van der Waals surface area contributed by atoms with Gasteiger partial charge in [0, 0.05) is 0 Å². The average molecular weight is 244 g/mol. The van der Waals surface area contributed by atoms with Gasteiger partial charge < -0.3 is 37.3 Å². The van der Waals surface area contributed by atoms with Crippen LogP contribution in [-0.2, 0) is 0 Å². The SMILES string of the molecule is CC(CO)(CO)[N+](C)(C)CC(O)CO.[Cl-]. The van der Waals surface area contributed by atoms with E-state index in [9.17, 15) is 15.3 Å². The fraction of sp³-hybridized carbons (Fsp3) is 1.00. The summed E-state index contributed by atoms with van der Waals surface area (Å²) < 4.78 is 0.252. The summed E-state index contributed by atoms with van der Waals surface area (Å²) in [5.74, 6) is 0. The van der Waals surface area contributed by atoms with Crippen LogP contribution in [0.15, 0.2) is 0 Å². The van der Waals surface area contributed by atoms with Crippen molar-refractivity contribution in [1.29, 1.82) is 0 Å². The molecule has 1 atom stereocenters. The van der Waals surface area contributed by atoms with Crippen LogP contribution < -0.4 is 12.4 Å². The van der Waals surface area contributed by atoms with Crippen LogP contribution in [0.1, 0.15) is 6.92 Å². The Balaban J connectivity index is 0. The highest BCUT2D eigenvalue weighted by molar-refractivity contribution is 4.74. The Morgan fingerprint density at radius 2 is 1.53 bits per heavy atom. The molecule has 0 aromatic heterocycles. The fourth-order valence-corrected chi connectivity index (χ4v) is 1.24. The summed E-state index contributed by atoms with van der Waals surface area (Å²) in [5, 5.41) is 36.4. The van der Waals surface area contributed by atoms with Gasteiger partial charge in [-0.15, -0.1) is 0 Å². The maximum atomic E-state index is 9.32. The highest BCUT2D eigenvalue weighted by Gasteiger charge is 2.41. The standard InChI is InChI=1S/C9H22NO4.ClH/c1-9(6-12,7-13)10(2,3)4-8(14)5-11;/h8,11-14H,4-7H2,1-3H3;1H/q+1;/p-1. The molecule has 5 nitrogen and oxygen atoms in total. The highest BCUT2D eigenvalue weighted by Crippen LogP contribution is 2.20. The molecule has 6 heteroatoms. The molecule has 0 aromatic carbocycles. The topological polar surface area (TPSA) is 80.9 Å². The molecular formula is C9H22ClNO4. The molecule has 0 aromatic rings. The molecule has 0 rings (SSSR count). The number of halogens is 1. The van der Waals surface area contributed by atoms with Crippen molar-refractivity contribution in [3.8, 4) is 0 Å². The minimum absolute atomic E-state index is 0. The molecule has 0 amide bonds. The van der Waals surface area contributed by atoms with E-state index in [0.29, 0.717) is 0 Å². The Labute approximate surface area is 97.0 Å². The summed E-state index contributed by atoms with van der Waals surface area (Å²) in [7, 11) is 3.59. The number of aliphatic hydroxyl groups excluding tert-OH is 4. The third-order valence-electron chi connectivity index (χ3n) is 3.02. The first-order valence-electron chi connectivity index (χ1n) is 4.66. The summed E-state index contributed by atoms with van der Waals surface area (Å²) in [4.78, 5) is 0. The number of quaternary nitrogens is 1. The minimum atomic E-state index is -0.831. The van der Waals surface area contributed by atoms with E-state index >= 15 is 0 Å². The maximum Gasteiger partial charge on any atom is 0.143 e. The predicted octanol–water partition coefficient (Wildman–Crippen LogP) is -4.84. The summed E-state index contributed by atoms with van der Waals surface area (Å²) >= 11 is 0. The van der Waals surface area contributed by atoms with Crippen LogP contribution in [0, 0.1) is 0 Å². The van der Waals surface area contributed by atoms with Crippen molar-refractivity contribution in [2.75, 3.05) is 40.5 Å². The van der Waals surface area contributed by atoms with E-state index in [1.165, 1.54) is 0 Å². The van der Waals surface area contributed by atoms with Gasteiger partial charge in [0.25, 0.3) is 0 Å². The van der Waals surface area contributed by atoms with Gasteiger partial charge in [0.2, 0.25) is 0 Å². The van der Waals surface area contributed by atoms with Gasteiger partial charge in [0.15, 0.2) is 0 Å². The lowest BCUT2D eigenvalue weighted by Crippen LogP contribution is -3.00. The molecule has 0 saturated carbocycles. The van der Waals surface area contributed by atoms with Gasteiger partial charge in [-0.3, -0.25) is 0 Å². The zero-order valence-corrected chi connectivity index (χ0v) is 10.3. The van der Waals surface area contributed by atoms with Gasteiger partial charge in [-0.25, -0.2) is 0 Å². The molecule has 0 aliphatic carbocycles. The molecule has 4 N–H and O–H groups in total. The normalized spacial score (nSPS) is 14.6. The fourth-order valence-electron chi connectivity index (χ4n) is 1.24. The molecule has 0 saturated heterocycles. The van der Waals surface area contributed by atoms with Crippen molar-refractivity contribution in [1.82, 2.24) is 0 Å². The van der Waals surface area contributed by atoms with Gasteiger partial charge in [0.05, 0.1) is 33.9 Å². The molecule has 0 spiro atoms. The molecular weight excluding hydrogens is 222 g/mol. The first-order valence-corrected chi connectivity index (χ1v) is 4.66. The van der Waals surface area contributed by atoms with Crippen LogP contribution in [-0.4, -0.2) is 77.0 Å². The van der Waals surface area contributed by atoms with E-state index in [4.69, 9.17) is 5.11 Å². The predicted molar refractivity (Wildman–Crippen MR) is 52.6 cm³/mol. The second-order valence-electron chi connectivity index (χ2n) is 4.52. The quantitative estimate of drug-likeness (QED) is 0.353. The highest BCUT2D eigenvalue weighted by atomic mass is 35.5. The Hall–Kier alpha value is 0.0900. The first kappa shape index (κ1) is 17.5. The van der Waals surface area contributed by atoms with Crippen LogP contribution in [0.4, 0.5) is 0 Å². The van der Waals surface area contributed by atoms with Crippen molar-refractivity contribution >= 4 is 0 Å². The van der Waals surface area contributed by atoms with Crippen molar-refractivity contribution in [3.63, 3.8) is 0 Å². The second kappa shape index (κ2) is 6.62. The van der Waals surface area contributed by atoms with Crippen molar-refractivity contribution in [3.05, 3.63) is 0 Å². The molecule has 0 radical (unpaired) electrons. The first-order chi connectivity index (χ1) is 6.33. The molecule has 94 valence electrons. The summed E-state index contributed by atoms with van der Waals surface area (Å²) in [6.07, 6.45) is -0.831. The van der Waals surface area contributed by atoms with Crippen LogP contribution in [0.5, 0.6) is 0 Å². The van der Waals surface area contributed by atoms with E-state index in [1.54, 1.807) is 21.0 Å². The maximum absolute atomic E-state index is 9.32. The van der Waals surface area contributed by atoms with Crippen molar-refractivity contribution in [2.24, 2.45) is 0 Å². The molecule has 0 aliphatic rings. The third-order valence-corrected chi connectivity index (χ3v) is 3.02. The largest absolute Gasteiger partial charge is 1.00 e. The molecule has 0 heterocycles. The van der Waals surface area contributed by atoms with Crippen LogP contribution in [0.2, 0.25) is 0 Å². The summed E-state index contributed by atoms with van der Waals surface area (Å²) in [5.41, 5.74) is -0.712. The van der Waals surface area contributed by atoms with Gasteiger partial charge in [-0.2, -0.15) is 0 Å². The lowest BCUT2D eigenvalue weighted by Gasteiger charge is -2.45. The van der Waals surface area contributed by atoms with E-state index in [-0.39, 0.29) is 43.3 Å². The van der Waals surface area contributed by atoms with E-state index in [1.807, 2.05) is 0 Å². The second-order valence-corrected chi connectivity index (χ2v) is 4.52. The smallest absolute Gasteiger partial charge is 0.143 e. The molecule has 0 fully saturated rings. The van der Waals surface area contributed by atoms with Gasteiger partial charge >= 0.3 is 0 Å². The number of likely N-dealkylation sites (N-methyl/N-ethyl adjacent to an activating group) is 1. The lowest BCUT2D eigenvalue weighted by molar-refractivity contribution is -0.943. The van der Waals surface area contributed by atoms with Crippen LogP contribution in [0.3, 0.4) is 0 Å². The molecule has 0 aliphatic heterocycles. The molecule has 1 unspecified atom stereocenters.